The van der Waals surface area contributed by atoms with E-state index in [0.29, 0.717) is 26.1 Å². The molecule has 1 aromatic rings. The summed E-state index contributed by atoms with van der Waals surface area (Å²) in [5.41, 5.74) is 1.70. The summed E-state index contributed by atoms with van der Waals surface area (Å²) < 4.78 is 0. The van der Waals surface area contributed by atoms with Crippen molar-refractivity contribution in [1.29, 1.82) is 0 Å². The van der Waals surface area contributed by atoms with Crippen LogP contribution in [-0.2, 0) is 4.79 Å². The number of carbonyl (C=O) groups is 2. The van der Waals surface area contributed by atoms with Crippen LogP contribution in [0.4, 0.5) is 0 Å². The van der Waals surface area contributed by atoms with Gasteiger partial charge < -0.3 is 10.2 Å². The van der Waals surface area contributed by atoms with E-state index in [-0.39, 0.29) is 11.8 Å². The summed E-state index contributed by atoms with van der Waals surface area (Å²) in [7, 11) is 0. The molecule has 1 saturated heterocycles. The molecule has 2 amide bonds. The molecule has 1 fully saturated rings. The first kappa shape index (κ1) is 11.6. The number of hydrogen-bond donors (Lipinski definition) is 1. The van der Waals surface area contributed by atoms with Crippen LogP contribution in [0.3, 0.4) is 0 Å². The minimum Gasteiger partial charge on any atom is -0.354 e. The highest BCUT2D eigenvalue weighted by molar-refractivity contribution is 5.96. The zero-order chi connectivity index (χ0) is 12.3. The average Bonchev–Trinajstić information content (AvgIpc) is 2.54. The lowest BCUT2D eigenvalue weighted by atomic mass is 10.1. The lowest BCUT2D eigenvalue weighted by Crippen LogP contribution is -2.34. The molecule has 4 nitrogen and oxygen atoms in total. The SMILES string of the molecule is Cc1ccccc1C(=O)N1CCNC(=O)CC1. The Labute approximate surface area is 101 Å². The third-order valence-electron chi connectivity index (χ3n) is 2.98. The molecule has 17 heavy (non-hydrogen) atoms. The molecule has 0 spiro atoms. The van der Waals surface area contributed by atoms with Gasteiger partial charge in [0.1, 0.15) is 0 Å². The van der Waals surface area contributed by atoms with E-state index in [2.05, 4.69) is 5.32 Å². The van der Waals surface area contributed by atoms with Gasteiger partial charge in [0, 0.05) is 31.6 Å². The molecule has 0 bridgehead atoms. The van der Waals surface area contributed by atoms with Crippen LogP contribution in [0, 0.1) is 6.92 Å². The molecular formula is C13H16N2O2. The lowest BCUT2D eigenvalue weighted by Gasteiger charge is -2.20. The van der Waals surface area contributed by atoms with Gasteiger partial charge in [-0.15, -0.1) is 0 Å². The predicted octanol–water partition coefficient (Wildman–Crippen LogP) is 0.957. The summed E-state index contributed by atoms with van der Waals surface area (Å²) in [6.07, 6.45) is 0.387. The van der Waals surface area contributed by atoms with Crippen LogP contribution in [0.5, 0.6) is 0 Å². The molecule has 1 aliphatic heterocycles. The maximum Gasteiger partial charge on any atom is 0.254 e. The fraction of sp³-hybridized carbons (Fsp3) is 0.385. The highest BCUT2D eigenvalue weighted by Crippen LogP contribution is 2.11. The van der Waals surface area contributed by atoms with Gasteiger partial charge >= 0.3 is 0 Å². The van der Waals surface area contributed by atoms with E-state index in [0.717, 1.165) is 11.1 Å². The first-order valence-electron chi connectivity index (χ1n) is 5.80. The first-order valence-corrected chi connectivity index (χ1v) is 5.80. The van der Waals surface area contributed by atoms with Gasteiger partial charge in [-0.25, -0.2) is 0 Å². The summed E-state index contributed by atoms with van der Waals surface area (Å²) in [6, 6.07) is 7.54. The molecule has 0 unspecified atom stereocenters. The quantitative estimate of drug-likeness (QED) is 0.784. The zero-order valence-corrected chi connectivity index (χ0v) is 9.90. The monoisotopic (exact) mass is 232 g/mol. The van der Waals surface area contributed by atoms with E-state index in [4.69, 9.17) is 0 Å². The number of amides is 2. The van der Waals surface area contributed by atoms with Crippen molar-refractivity contribution >= 4 is 11.8 Å². The van der Waals surface area contributed by atoms with Gasteiger partial charge in [0.15, 0.2) is 0 Å². The van der Waals surface area contributed by atoms with Crippen LogP contribution < -0.4 is 5.32 Å². The smallest absolute Gasteiger partial charge is 0.254 e. The molecule has 4 heteroatoms. The van der Waals surface area contributed by atoms with Crippen molar-refractivity contribution in [2.75, 3.05) is 19.6 Å². The number of rotatable bonds is 1. The van der Waals surface area contributed by atoms with Crippen molar-refractivity contribution in [3.63, 3.8) is 0 Å². The molecule has 1 aromatic carbocycles. The first-order chi connectivity index (χ1) is 8.18. The molecule has 1 aliphatic rings. The number of nitrogens with one attached hydrogen (secondary N) is 1. The molecule has 0 aromatic heterocycles. The van der Waals surface area contributed by atoms with E-state index in [1.165, 1.54) is 0 Å². The van der Waals surface area contributed by atoms with Crippen molar-refractivity contribution in [2.45, 2.75) is 13.3 Å². The van der Waals surface area contributed by atoms with Crippen LogP contribution in [0.15, 0.2) is 24.3 Å². The fourth-order valence-electron chi connectivity index (χ4n) is 1.95. The Morgan fingerprint density at radius 1 is 1.29 bits per heavy atom. The summed E-state index contributed by atoms with van der Waals surface area (Å²) in [5, 5.41) is 2.76. The normalized spacial score (nSPS) is 16.3. The van der Waals surface area contributed by atoms with Crippen LogP contribution in [0.2, 0.25) is 0 Å². The summed E-state index contributed by atoms with van der Waals surface area (Å²) in [6.45, 7) is 3.54. The largest absolute Gasteiger partial charge is 0.354 e. The Morgan fingerprint density at radius 2 is 2.06 bits per heavy atom. The molecule has 1 heterocycles. The van der Waals surface area contributed by atoms with Crippen molar-refractivity contribution in [3.8, 4) is 0 Å². The molecule has 2 rings (SSSR count). The molecular weight excluding hydrogens is 216 g/mol. The van der Waals surface area contributed by atoms with Gasteiger partial charge in [0.05, 0.1) is 0 Å². The number of hydrogen-bond acceptors (Lipinski definition) is 2. The molecule has 0 radical (unpaired) electrons. The number of carbonyl (C=O) groups excluding carboxylic acids is 2. The summed E-state index contributed by atoms with van der Waals surface area (Å²) in [4.78, 5) is 25.2. The van der Waals surface area contributed by atoms with Gasteiger partial charge in [-0.2, -0.15) is 0 Å². The van der Waals surface area contributed by atoms with Crippen molar-refractivity contribution < 1.29 is 9.59 Å². The second-order valence-electron chi connectivity index (χ2n) is 4.21. The van der Waals surface area contributed by atoms with Crippen LogP contribution in [-0.4, -0.2) is 36.3 Å². The predicted molar refractivity (Wildman–Crippen MR) is 64.7 cm³/mol. The van der Waals surface area contributed by atoms with E-state index in [1.54, 1.807) is 4.90 Å². The minimum absolute atomic E-state index is 0.0135. The van der Waals surface area contributed by atoms with Crippen LogP contribution in [0.25, 0.3) is 0 Å². The van der Waals surface area contributed by atoms with E-state index in [9.17, 15) is 9.59 Å². The topological polar surface area (TPSA) is 49.4 Å². The standard InChI is InChI=1S/C13H16N2O2/c1-10-4-2-3-5-11(10)13(17)15-8-6-12(16)14-7-9-15/h2-5H,6-9H2,1H3,(H,14,16). The Balaban J connectivity index is 2.14. The van der Waals surface area contributed by atoms with Crippen LogP contribution >= 0.6 is 0 Å². The molecule has 1 N–H and O–H groups in total. The average molecular weight is 232 g/mol. The number of nitrogens with zero attached hydrogens (tertiary/aromatic N) is 1. The maximum atomic E-state index is 12.3. The second-order valence-corrected chi connectivity index (χ2v) is 4.21. The third kappa shape index (κ3) is 2.64. The molecule has 0 aliphatic carbocycles. The van der Waals surface area contributed by atoms with Gasteiger partial charge in [-0.05, 0) is 18.6 Å². The Bertz CT molecular complexity index is 443. The van der Waals surface area contributed by atoms with Gasteiger partial charge in [0.2, 0.25) is 5.91 Å². The maximum absolute atomic E-state index is 12.3. The Morgan fingerprint density at radius 3 is 2.82 bits per heavy atom. The zero-order valence-electron chi connectivity index (χ0n) is 9.90. The van der Waals surface area contributed by atoms with Gasteiger partial charge in [-0.1, -0.05) is 18.2 Å². The second kappa shape index (κ2) is 4.99. The Hall–Kier alpha value is -1.84. The minimum atomic E-state index is 0.0135. The van der Waals surface area contributed by atoms with E-state index >= 15 is 0 Å². The third-order valence-corrected chi connectivity index (χ3v) is 2.98. The van der Waals surface area contributed by atoms with Crippen molar-refractivity contribution in [2.24, 2.45) is 0 Å². The highest BCUT2D eigenvalue weighted by atomic mass is 16.2. The summed E-state index contributed by atoms with van der Waals surface area (Å²) in [5.74, 6) is 0.0321. The van der Waals surface area contributed by atoms with Crippen molar-refractivity contribution in [3.05, 3.63) is 35.4 Å². The Kier molecular flexibility index (Phi) is 3.42. The molecule has 0 saturated carbocycles. The lowest BCUT2D eigenvalue weighted by molar-refractivity contribution is -0.120. The molecule has 90 valence electrons. The van der Waals surface area contributed by atoms with E-state index in [1.807, 2.05) is 31.2 Å². The van der Waals surface area contributed by atoms with Gasteiger partial charge in [-0.3, -0.25) is 9.59 Å². The molecule has 0 atom stereocenters. The van der Waals surface area contributed by atoms with Crippen molar-refractivity contribution in [1.82, 2.24) is 10.2 Å². The number of benzene rings is 1. The number of aryl methyl sites for hydroxylation is 1. The van der Waals surface area contributed by atoms with Gasteiger partial charge in [0.25, 0.3) is 5.91 Å². The van der Waals surface area contributed by atoms with E-state index < -0.39 is 0 Å². The highest BCUT2D eigenvalue weighted by Gasteiger charge is 2.20. The fourth-order valence-corrected chi connectivity index (χ4v) is 1.95. The van der Waals surface area contributed by atoms with Crippen LogP contribution in [0.1, 0.15) is 22.3 Å². The summed E-state index contributed by atoms with van der Waals surface area (Å²) >= 11 is 0.